The van der Waals surface area contributed by atoms with Crippen molar-refractivity contribution in [1.82, 2.24) is 0 Å². The lowest BCUT2D eigenvalue weighted by Crippen LogP contribution is -2.61. The zero-order valence-corrected chi connectivity index (χ0v) is 17.0. The van der Waals surface area contributed by atoms with E-state index in [0.717, 1.165) is 24.0 Å². The van der Waals surface area contributed by atoms with Crippen LogP contribution in [-0.2, 0) is 9.47 Å². The average Bonchev–Trinajstić information content (AvgIpc) is 2.93. The summed E-state index contributed by atoms with van der Waals surface area (Å²) in [7, 11) is 0. The van der Waals surface area contributed by atoms with Crippen molar-refractivity contribution in [2.45, 2.75) is 58.3 Å². The molecule has 2 bridgehead atoms. The third-order valence-electron chi connectivity index (χ3n) is 7.31. The Kier molecular flexibility index (Phi) is 4.23. The van der Waals surface area contributed by atoms with E-state index < -0.39 is 28.6 Å². The molecule has 0 radical (unpaired) electrons. The Balaban J connectivity index is 2.00. The van der Waals surface area contributed by atoms with Crippen LogP contribution in [0, 0.1) is 75.9 Å². The van der Waals surface area contributed by atoms with E-state index in [2.05, 4.69) is 25.1 Å². The number of aryl methyl sites for hydroxylation is 2. The lowest BCUT2D eigenvalue weighted by atomic mass is 9.50. The van der Waals surface area contributed by atoms with Crippen molar-refractivity contribution in [2.75, 3.05) is 0 Å². The standard InChI is InChI=1S/C23H24N4O2/c1-4-16-7-8-23-18(10-16)22(13-26,20(27)29-23)21(11-24,12-25)19(28-23)17-9-14(2)5-6-15(17)3/h5-6,9,16,18-19,27H,4,7-8,10H2,1-3H3. The topological polar surface area (TPSA) is 114 Å². The second-order valence-corrected chi connectivity index (χ2v) is 8.65. The molecule has 1 aliphatic carbocycles. The van der Waals surface area contributed by atoms with Crippen LogP contribution in [0.5, 0.6) is 0 Å². The monoisotopic (exact) mass is 388 g/mol. The van der Waals surface area contributed by atoms with E-state index in [1.807, 2.05) is 32.0 Å². The number of ether oxygens (including phenoxy) is 2. The van der Waals surface area contributed by atoms with Crippen LogP contribution in [-0.4, -0.2) is 11.7 Å². The van der Waals surface area contributed by atoms with E-state index in [1.54, 1.807) is 0 Å². The molecule has 5 unspecified atom stereocenters. The molecule has 0 amide bonds. The van der Waals surface area contributed by atoms with Gasteiger partial charge in [-0.1, -0.05) is 37.1 Å². The van der Waals surface area contributed by atoms with Gasteiger partial charge < -0.3 is 9.47 Å². The first-order valence-corrected chi connectivity index (χ1v) is 10.1. The molecular formula is C23H24N4O2. The number of benzene rings is 1. The number of nitriles is 3. The van der Waals surface area contributed by atoms with Gasteiger partial charge in [0, 0.05) is 6.42 Å². The van der Waals surface area contributed by atoms with Crippen molar-refractivity contribution < 1.29 is 9.47 Å². The van der Waals surface area contributed by atoms with E-state index in [9.17, 15) is 15.8 Å². The maximum Gasteiger partial charge on any atom is 0.217 e. The van der Waals surface area contributed by atoms with Gasteiger partial charge >= 0.3 is 0 Å². The minimum absolute atomic E-state index is 0.294. The summed E-state index contributed by atoms with van der Waals surface area (Å²) in [5.41, 5.74) is -0.947. The highest BCUT2D eigenvalue weighted by atomic mass is 16.7. The van der Waals surface area contributed by atoms with E-state index in [1.165, 1.54) is 0 Å². The largest absolute Gasteiger partial charge is 0.447 e. The summed E-state index contributed by atoms with van der Waals surface area (Å²) in [5, 5.41) is 39.7. The van der Waals surface area contributed by atoms with Crippen LogP contribution < -0.4 is 0 Å². The fraction of sp³-hybridized carbons (Fsp3) is 0.565. The molecular weight excluding hydrogens is 364 g/mol. The lowest BCUT2D eigenvalue weighted by Gasteiger charge is -2.53. The second kappa shape index (κ2) is 6.31. The lowest BCUT2D eigenvalue weighted by molar-refractivity contribution is -0.299. The first kappa shape index (κ1) is 19.4. The summed E-state index contributed by atoms with van der Waals surface area (Å²) in [4.78, 5) is 0. The molecule has 6 nitrogen and oxygen atoms in total. The summed E-state index contributed by atoms with van der Waals surface area (Å²) >= 11 is 0. The van der Waals surface area contributed by atoms with Crippen molar-refractivity contribution in [3.05, 3.63) is 34.9 Å². The predicted molar refractivity (Wildman–Crippen MR) is 104 cm³/mol. The first-order valence-electron chi connectivity index (χ1n) is 10.1. The van der Waals surface area contributed by atoms with Gasteiger partial charge in [0.2, 0.25) is 17.1 Å². The maximum absolute atomic E-state index is 10.4. The molecule has 29 heavy (non-hydrogen) atoms. The van der Waals surface area contributed by atoms with Gasteiger partial charge in [0.15, 0.2) is 5.41 Å². The molecule has 3 aliphatic rings. The molecule has 3 fully saturated rings. The van der Waals surface area contributed by atoms with Gasteiger partial charge in [0.25, 0.3) is 0 Å². The zero-order valence-electron chi connectivity index (χ0n) is 17.0. The first-order chi connectivity index (χ1) is 13.8. The van der Waals surface area contributed by atoms with Crippen molar-refractivity contribution in [1.29, 1.82) is 21.2 Å². The highest BCUT2D eigenvalue weighted by Gasteiger charge is 2.80. The Hall–Kier alpha value is -2.88. The number of hydrogen-bond donors (Lipinski definition) is 1. The predicted octanol–water partition coefficient (Wildman–Crippen LogP) is 4.45. The molecule has 2 aliphatic heterocycles. The van der Waals surface area contributed by atoms with Crippen LogP contribution in [0.3, 0.4) is 0 Å². The van der Waals surface area contributed by atoms with Gasteiger partial charge in [-0.05, 0) is 43.7 Å². The quantitative estimate of drug-likeness (QED) is 0.804. The molecule has 5 atom stereocenters. The van der Waals surface area contributed by atoms with Crippen molar-refractivity contribution in [3.63, 3.8) is 0 Å². The molecule has 4 rings (SSSR count). The van der Waals surface area contributed by atoms with Crippen LogP contribution in [0.4, 0.5) is 0 Å². The summed E-state index contributed by atoms with van der Waals surface area (Å²) < 4.78 is 12.5. The smallest absolute Gasteiger partial charge is 0.217 e. The van der Waals surface area contributed by atoms with Crippen molar-refractivity contribution >= 4 is 5.90 Å². The molecule has 148 valence electrons. The van der Waals surface area contributed by atoms with Crippen LogP contribution in [0.15, 0.2) is 18.2 Å². The number of hydrogen-bond acceptors (Lipinski definition) is 6. The van der Waals surface area contributed by atoms with Crippen LogP contribution >= 0.6 is 0 Å². The van der Waals surface area contributed by atoms with Crippen LogP contribution in [0.25, 0.3) is 0 Å². The van der Waals surface area contributed by atoms with E-state index >= 15 is 0 Å². The second-order valence-electron chi connectivity index (χ2n) is 8.65. The Morgan fingerprint density at radius 1 is 1.17 bits per heavy atom. The molecule has 6 heteroatoms. The highest BCUT2D eigenvalue weighted by molar-refractivity contribution is 5.89. The van der Waals surface area contributed by atoms with Gasteiger partial charge in [-0.3, -0.25) is 5.41 Å². The minimum atomic E-state index is -1.86. The summed E-state index contributed by atoms with van der Waals surface area (Å²) in [6.45, 7) is 5.94. The van der Waals surface area contributed by atoms with E-state index in [4.69, 9.17) is 14.9 Å². The van der Waals surface area contributed by atoms with Crippen molar-refractivity contribution in [3.8, 4) is 18.2 Å². The molecule has 1 N–H and O–H groups in total. The molecule has 1 saturated carbocycles. The van der Waals surface area contributed by atoms with Gasteiger partial charge in [-0.2, -0.15) is 15.8 Å². The zero-order chi connectivity index (χ0) is 21.0. The fourth-order valence-corrected chi connectivity index (χ4v) is 5.61. The highest BCUT2D eigenvalue weighted by Crippen LogP contribution is 2.70. The summed E-state index contributed by atoms with van der Waals surface area (Å²) in [6, 6.07) is 12.3. The van der Waals surface area contributed by atoms with Gasteiger partial charge in [0.05, 0.1) is 24.1 Å². The van der Waals surface area contributed by atoms with Crippen LogP contribution in [0.2, 0.25) is 0 Å². The third kappa shape index (κ3) is 2.20. The molecule has 2 heterocycles. The molecule has 2 saturated heterocycles. The van der Waals surface area contributed by atoms with Gasteiger partial charge in [-0.15, -0.1) is 0 Å². The van der Waals surface area contributed by atoms with E-state index in [0.29, 0.717) is 24.3 Å². The minimum Gasteiger partial charge on any atom is -0.447 e. The Labute approximate surface area is 171 Å². The number of rotatable bonds is 2. The summed E-state index contributed by atoms with van der Waals surface area (Å²) in [6.07, 6.45) is 2.00. The average molecular weight is 388 g/mol. The molecule has 0 spiro atoms. The molecule has 1 aromatic carbocycles. The number of nitrogens with zero attached hydrogens (tertiary/aromatic N) is 3. The fourth-order valence-electron chi connectivity index (χ4n) is 5.61. The third-order valence-corrected chi connectivity index (χ3v) is 7.31. The van der Waals surface area contributed by atoms with E-state index in [-0.39, 0.29) is 5.90 Å². The SMILES string of the molecule is CCC1CCC23OC(=N)C(C#N)(C2C1)C(C#N)(C#N)C(c1cc(C)ccc1C)O3. The van der Waals surface area contributed by atoms with Crippen molar-refractivity contribution in [2.24, 2.45) is 22.7 Å². The normalized spacial score (nSPS) is 36.8. The van der Waals surface area contributed by atoms with Crippen LogP contribution in [0.1, 0.15) is 55.4 Å². The molecule has 0 aromatic heterocycles. The maximum atomic E-state index is 10.4. The van der Waals surface area contributed by atoms with Gasteiger partial charge in [0.1, 0.15) is 6.10 Å². The Bertz CT molecular complexity index is 999. The summed E-state index contributed by atoms with van der Waals surface area (Å²) in [5.74, 6) is -1.58. The molecule has 1 aromatic rings. The number of nitrogens with one attached hydrogen (secondary N) is 1. The Morgan fingerprint density at radius 3 is 2.52 bits per heavy atom. The Morgan fingerprint density at radius 2 is 1.90 bits per heavy atom. The van der Waals surface area contributed by atoms with Gasteiger partial charge in [-0.25, -0.2) is 0 Å².